The highest BCUT2D eigenvalue weighted by Crippen LogP contribution is 2.51. The maximum Gasteiger partial charge on any atom is 0.213 e. The molecule has 6 nitrogen and oxygen atoms in total. The highest BCUT2D eigenvalue weighted by atomic mass is 79.9. The van der Waals surface area contributed by atoms with Crippen LogP contribution < -0.4 is 4.84 Å². The molecule has 6 rings (SSSR count). The quantitative estimate of drug-likeness (QED) is 0.274. The maximum atomic E-state index is 11.4. The van der Waals surface area contributed by atoms with Crippen LogP contribution in [0, 0.1) is 13.8 Å². The second-order valence-corrected chi connectivity index (χ2v) is 10.7. The van der Waals surface area contributed by atoms with Crippen LogP contribution in [0.2, 0.25) is 0 Å². The number of aliphatic hydroxyl groups is 1. The zero-order valence-corrected chi connectivity index (χ0v) is 22.1. The molecule has 5 heterocycles. The van der Waals surface area contributed by atoms with Crippen LogP contribution in [0.25, 0.3) is 39.0 Å². The van der Waals surface area contributed by atoms with E-state index in [0.717, 1.165) is 70.6 Å². The molecule has 0 radical (unpaired) electrons. The Morgan fingerprint density at radius 1 is 1.17 bits per heavy atom. The van der Waals surface area contributed by atoms with Gasteiger partial charge >= 0.3 is 0 Å². The molecule has 2 aliphatic rings. The molecule has 0 aliphatic carbocycles. The average molecular weight is 547 g/mol. The van der Waals surface area contributed by atoms with E-state index in [9.17, 15) is 5.11 Å². The Hall–Kier alpha value is -3.20. The number of rotatable bonds is 2. The summed E-state index contributed by atoms with van der Waals surface area (Å²) in [6.45, 7) is 8.07. The molecule has 0 saturated carbocycles. The number of allylic oxidation sites excluding steroid dienone is 6. The van der Waals surface area contributed by atoms with Gasteiger partial charge in [-0.2, -0.15) is 4.73 Å². The number of fused-ring (bicyclic) bond motifs is 6. The van der Waals surface area contributed by atoms with Crippen molar-refractivity contribution in [3.63, 3.8) is 0 Å². The van der Waals surface area contributed by atoms with Crippen molar-refractivity contribution in [2.24, 2.45) is 0 Å². The zero-order valence-electron chi connectivity index (χ0n) is 19.7. The van der Waals surface area contributed by atoms with E-state index in [1.807, 2.05) is 72.7 Å². The van der Waals surface area contributed by atoms with Crippen LogP contribution in [0.5, 0.6) is 5.06 Å². The number of benzene rings is 1. The van der Waals surface area contributed by atoms with Crippen molar-refractivity contribution in [1.29, 1.82) is 0 Å². The molecule has 1 aromatic carbocycles. The smallest absolute Gasteiger partial charge is 0.213 e. The molecule has 2 aliphatic heterocycles. The fourth-order valence-corrected chi connectivity index (χ4v) is 6.27. The van der Waals surface area contributed by atoms with Gasteiger partial charge < -0.3 is 9.94 Å². The first-order valence-corrected chi connectivity index (χ1v) is 12.9. The predicted octanol–water partition coefficient (Wildman–Crippen LogP) is 7.04. The molecule has 0 spiro atoms. The molecular weight excluding hydrogens is 524 g/mol. The van der Waals surface area contributed by atoms with Gasteiger partial charge in [0.2, 0.25) is 5.06 Å². The van der Waals surface area contributed by atoms with Crippen LogP contribution in [-0.2, 0) is 0 Å². The van der Waals surface area contributed by atoms with Gasteiger partial charge in [-0.3, -0.25) is 4.57 Å². The van der Waals surface area contributed by atoms with Crippen molar-refractivity contribution in [3.8, 4) is 15.8 Å². The minimum atomic E-state index is -0.862. The van der Waals surface area contributed by atoms with Crippen molar-refractivity contribution in [2.75, 3.05) is 0 Å². The lowest BCUT2D eigenvalue weighted by atomic mass is 9.96. The summed E-state index contributed by atoms with van der Waals surface area (Å²) in [6, 6.07) is 6.18. The van der Waals surface area contributed by atoms with E-state index in [4.69, 9.17) is 14.8 Å². The number of aromatic nitrogens is 4. The van der Waals surface area contributed by atoms with Crippen LogP contribution in [-0.4, -0.2) is 24.4 Å². The molecule has 35 heavy (non-hydrogen) atoms. The van der Waals surface area contributed by atoms with Gasteiger partial charge in [0, 0.05) is 27.4 Å². The van der Waals surface area contributed by atoms with E-state index in [1.54, 1.807) is 11.3 Å². The summed E-state index contributed by atoms with van der Waals surface area (Å²) in [6.07, 6.45) is 10.9. The van der Waals surface area contributed by atoms with Crippen LogP contribution >= 0.6 is 27.3 Å². The van der Waals surface area contributed by atoms with E-state index in [2.05, 4.69) is 35.0 Å². The zero-order chi connectivity index (χ0) is 24.4. The summed E-state index contributed by atoms with van der Waals surface area (Å²) in [5.74, 6) is 1.47. The van der Waals surface area contributed by atoms with E-state index in [0.29, 0.717) is 0 Å². The lowest BCUT2D eigenvalue weighted by Gasteiger charge is -2.24. The van der Waals surface area contributed by atoms with Crippen molar-refractivity contribution >= 4 is 55.5 Å². The van der Waals surface area contributed by atoms with Crippen molar-refractivity contribution in [3.05, 3.63) is 81.4 Å². The number of thiophene rings is 1. The fraction of sp³-hybridized carbons (Fsp3) is 0.185. The third kappa shape index (κ3) is 3.47. The molecule has 0 amide bonds. The van der Waals surface area contributed by atoms with E-state index < -0.39 is 6.23 Å². The summed E-state index contributed by atoms with van der Waals surface area (Å²) in [5, 5.41) is 12.2. The van der Waals surface area contributed by atoms with E-state index >= 15 is 0 Å². The molecule has 4 aromatic rings. The van der Waals surface area contributed by atoms with E-state index in [1.165, 1.54) is 0 Å². The highest BCUT2D eigenvalue weighted by Gasteiger charge is 2.34. The number of hydrogen-bond acceptors (Lipinski definition) is 5. The molecule has 0 saturated heterocycles. The summed E-state index contributed by atoms with van der Waals surface area (Å²) in [4.78, 5) is 17.2. The monoisotopic (exact) mass is 546 g/mol. The number of hydrogen-bond donors (Lipinski definition) is 1. The molecule has 2 bridgehead atoms. The van der Waals surface area contributed by atoms with Gasteiger partial charge in [0.1, 0.15) is 5.52 Å². The third-order valence-corrected chi connectivity index (χ3v) is 7.96. The van der Waals surface area contributed by atoms with Gasteiger partial charge in [0.15, 0.2) is 17.9 Å². The Bertz CT molecular complexity index is 1650. The Morgan fingerprint density at radius 2 is 2.00 bits per heavy atom. The van der Waals surface area contributed by atoms with Gasteiger partial charge in [0.05, 0.1) is 16.1 Å². The molecular formula is C27H23BrN4O2S. The van der Waals surface area contributed by atoms with Crippen LogP contribution in [0.1, 0.15) is 48.3 Å². The molecule has 1 unspecified atom stereocenters. The lowest BCUT2D eigenvalue weighted by Crippen LogP contribution is -2.16. The Kier molecular flexibility index (Phi) is 5.21. The minimum Gasteiger partial charge on any atom is -0.369 e. The average Bonchev–Trinajstić information content (AvgIpc) is 3.48. The van der Waals surface area contributed by atoms with Gasteiger partial charge in [-0.25, -0.2) is 9.97 Å². The minimum absolute atomic E-state index is 0.728. The normalized spacial score (nSPS) is 17.2. The van der Waals surface area contributed by atoms with E-state index in [-0.39, 0.29) is 0 Å². The topological polar surface area (TPSA) is 65.1 Å². The van der Waals surface area contributed by atoms with Crippen LogP contribution in [0.3, 0.4) is 0 Å². The highest BCUT2D eigenvalue weighted by molar-refractivity contribution is 9.12. The molecule has 8 heteroatoms. The molecule has 1 atom stereocenters. The van der Waals surface area contributed by atoms with Gasteiger partial charge in [-0.1, -0.05) is 57.6 Å². The lowest BCUT2D eigenvalue weighted by molar-refractivity contribution is 0.164. The first kappa shape index (κ1) is 22.3. The van der Waals surface area contributed by atoms with Crippen molar-refractivity contribution in [2.45, 2.75) is 33.9 Å². The standard InChI is InChI=1S/C27H23BrN4O2S/c1-5-6-17(28)12-18-13-31-25(29-18)23-22-16(4)27(35-23)34-32-21-10-7-14(2)11-20(21)30-24(32)15(3)8-9-19(22)26(31)33/h5-13,26,33H,1-4H3/b6-5-,15-8?,17-12+,19-9?. The Labute approximate surface area is 215 Å². The number of aryl methyl sites for hydroxylation is 1. The SMILES string of the molecule is C/C=C\C(Br)=C/c1cn2c(n1)-c1sc3c(C)c1C(=CC=C(C)c1nc4cc(C)ccc4n1O3)C2O. The summed E-state index contributed by atoms with van der Waals surface area (Å²) in [7, 11) is 0. The second-order valence-electron chi connectivity index (χ2n) is 8.80. The molecule has 176 valence electrons. The van der Waals surface area contributed by atoms with Gasteiger partial charge in [0.25, 0.3) is 0 Å². The Morgan fingerprint density at radius 3 is 2.80 bits per heavy atom. The maximum absolute atomic E-state index is 11.4. The van der Waals surface area contributed by atoms with Gasteiger partial charge in [-0.15, -0.1) is 0 Å². The fourth-order valence-electron chi connectivity index (χ4n) is 4.60. The number of nitrogens with zero attached hydrogens (tertiary/aromatic N) is 4. The molecule has 3 aromatic heterocycles. The summed E-state index contributed by atoms with van der Waals surface area (Å²) in [5.41, 5.74) is 7.43. The van der Waals surface area contributed by atoms with Crippen LogP contribution in [0.4, 0.5) is 0 Å². The Balaban J connectivity index is 1.59. The summed E-state index contributed by atoms with van der Waals surface area (Å²) < 4.78 is 4.55. The predicted molar refractivity (Wildman–Crippen MR) is 145 cm³/mol. The number of aliphatic hydroxyl groups excluding tert-OH is 1. The van der Waals surface area contributed by atoms with Gasteiger partial charge in [-0.05, 0) is 57.0 Å². The second kappa shape index (κ2) is 8.19. The van der Waals surface area contributed by atoms with Crippen LogP contribution in [0.15, 0.2) is 53.2 Å². The number of halogens is 1. The van der Waals surface area contributed by atoms with Crippen molar-refractivity contribution in [1.82, 2.24) is 19.3 Å². The molecule has 0 fully saturated rings. The van der Waals surface area contributed by atoms with Crippen molar-refractivity contribution < 1.29 is 9.94 Å². The first-order chi connectivity index (χ1) is 16.9. The largest absolute Gasteiger partial charge is 0.369 e. The molecule has 1 N–H and O–H groups in total. The number of imidazole rings is 2. The summed E-state index contributed by atoms with van der Waals surface area (Å²) >= 11 is 5.10. The third-order valence-electron chi connectivity index (χ3n) is 6.31. The first-order valence-electron chi connectivity index (χ1n) is 11.3.